The second-order valence-electron chi connectivity index (χ2n) is 6.75. The summed E-state index contributed by atoms with van der Waals surface area (Å²) < 4.78 is 0.863. The van der Waals surface area contributed by atoms with Gasteiger partial charge in [-0.25, -0.2) is 0 Å². The number of quaternary nitrogens is 2. The first-order chi connectivity index (χ1) is 12.0. The topological polar surface area (TPSA) is 29.2 Å². The predicted molar refractivity (Wildman–Crippen MR) is 104 cm³/mol. The van der Waals surface area contributed by atoms with Crippen molar-refractivity contribution in [2.75, 3.05) is 38.1 Å². The van der Waals surface area contributed by atoms with Gasteiger partial charge in [-0.05, 0) is 31.2 Å². The number of benzene rings is 1. The highest BCUT2D eigenvalue weighted by molar-refractivity contribution is 7.16. The quantitative estimate of drug-likeness (QED) is 0.788. The van der Waals surface area contributed by atoms with Gasteiger partial charge in [0.05, 0.1) is 9.21 Å². The summed E-state index contributed by atoms with van der Waals surface area (Å²) in [6, 6.07) is 14.0. The van der Waals surface area contributed by atoms with E-state index in [1.807, 2.05) is 43.4 Å². The first-order valence-electron chi connectivity index (χ1n) is 8.79. The molecule has 2 aromatic rings. The zero-order valence-corrected chi connectivity index (χ0v) is 16.4. The van der Waals surface area contributed by atoms with Crippen LogP contribution in [0.1, 0.15) is 11.8 Å². The summed E-state index contributed by atoms with van der Waals surface area (Å²) in [5.41, 5.74) is 0.956. The van der Waals surface area contributed by atoms with Crippen LogP contribution in [-0.4, -0.2) is 45.2 Å². The average Bonchev–Trinajstić information content (AvgIpc) is 3.06. The van der Waals surface area contributed by atoms with Gasteiger partial charge in [-0.15, -0.1) is 11.3 Å². The number of likely N-dealkylation sites (N-methyl/N-ethyl adjacent to an activating group) is 1. The lowest BCUT2D eigenvalue weighted by Crippen LogP contribution is -3.29. The van der Waals surface area contributed by atoms with Gasteiger partial charge in [0.1, 0.15) is 32.7 Å². The molecule has 25 heavy (non-hydrogen) atoms. The maximum absolute atomic E-state index is 12.8. The van der Waals surface area contributed by atoms with Crippen LogP contribution in [0.4, 0.5) is 5.69 Å². The molecule has 1 aromatic carbocycles. The molecule has 1 aliphatic rings. The number of anilines is 1. The summed E-state index contributed by atoms with van der Waals surface area (Å²) >= 11 is 7.69. The highest BCUT2D eigenvalue weighted by Crippen LogP contribution is 2.20. The fourth-order valence-electron chi connectivity index (χ4n) is 3.47. The highest BCUT2D eigenvalue weighted by Gasteiger charge is 2.33. The molecule has 0 bridgehead atoms. The van der Waals surface area contributed by atoms with Crippen molar-refractivity contribution in [1.29, 1.82) is 0 Å². The number of hydrogen-bond donors (Lipinski definition) is 2. The fourth-order valence-corrected chi connectivity index (χ4v) is 4.63. The first kappa shape index (κ1) is 18.4. The van der Waals surface area contributed by atoms with Crippen LogP contribution in [0.15, 0.2) is 42.5 Å². The van der Waals surface area contributed by atoms with Gasteiger partial charge in [0.25, 0.3) is 5.91 Å². The van der Waals surface area contributed by atoms with E-state index < -0.39 is 0 Å². The Hall–Kier alpha value is -1.40. The van der Waals surface area contributed by atoms with Crippen LogP contribution in [0.5, 0.6) is 0 Å². The zero-order chi connectivity index (χ0) is 17.8. The van der Waals surface area contributed by atoms with Crippen molar-refractivity contribution in [3.63, 3.8) is 0 Å². The molecule has 134 valence electrons. The van der Waals surface area contributed by atoms with Crippen molar-refractivity contribution in [2.45, 2.75) is 19.5 Å². The number of thiophene rings is 1. The van der Waals surface area contributed by atoms with E-state index in [0.29, 0.717) is 0 Å². The molecule has 1 aliphatic heterocycles. The van der Waals surface area contributed by atoms with E-state index in [1.54, 1.807) is 21.1 Å². The Balaban J connectivity index is 1.52. The normalized spacial score (nSPS) is 21.7. The van der Waals surface area contributed by atoms with Crippen molar-refractivity contribution in [3.05, 3.63) is 51.7 Å². The lowest BCUT2D eigenvalue weighted by molar-refractivity contribution is -1.02. The van der Waals surface area contributed by atoms with Crippen LogP contribution in [0, 0.1) is 0 Å². The van der Waals surface area contributed by atoms with Crippen LogP contribution in [0.25, 0.3) is 0 Å². The third-order valence-corrected chi connectivity index (χ3v) is 6.34. The van der Waals surface area contributed by atoms with Crippen LogP contribution in [0.2, 0.25) is 4.34 Å². The summed E-state index contributed by atoms with van der Waals surface area (Å²) in [5.74, 6) is 0.190. The van der Waals surface area contributed by atoms with Gasteiger partial charge >= 0.3 is 0 Å². The number of amides is 1. The van der Waals surface area contributed by atoms with Gasteiger partial charge < -0.3 is 14.7 Å². The van der Waals surface area contributed by atoms with Crippen molar-refractivity contribution in [1.82, 2.24) is 0 Å². The van der Waals surface area contributed by atoms with E-state index in [-0.39, 0.29) is 11.9 Å². The number of nitrogens with zero attached hydrogens (tertiary/aromatic N) is 1. The Morgan fingerprint density at radius 2 is 1.84 bits per heavy atom. The molecular formula is C19H26ClN3OS+2. The average molecular weight is 380 g/mol. The molecule has 1 saturated heterocycles. The molecule has 2 heterocycles. The van der Waals surface area contributed by atoms with Crippen LogP contribution < -0.4 is 14.7 Å². The molecule has 6 heteroatoms. The zero-order valence-electron chi connectivity index (χ0n) is 14.8. The molecule has 1 amide bonds. The van der Waals surface area contributed by atoms with Crippen molar-refractivity contribution < 1.29 is 14.6 Å². The molecule has 2 N–H and O–H groups in total. The number of para-hydroxylation sites is 1. The lowest BCUT2D eigenvalue weighted by Gasteiger charge is -2.33. The van der Waals surface area contributed by atoms with Gasteiger partial charge in [0.2, 0.25) is 0 Å². The molecule has 0 spiro atoms. The Morgan fingerprint density at radius 3 is 2.44 bits per heavy atom. The Morgan fingerprint density at radius 1 is 1.16 bits per heavy atom. The van der Waals surface area contributed by atoms with E-state index in [1.165, 1.54) is 9.78 Å². The number of halogens is 1. The van der Waals surface area contributed by atoms with Gasteiger partial charge in [0, 0.05) is 12.7 Å². The summed E-state index contributed by atoms with van der Waals surface area (Å²) in [6.45, 7) is 7.35. The largest absolute Gasteiger partial charge is 0.321 e. The maximum atomic E-state index is 12.8. The predicted octanol–water partition coefficient (Wildman–Crippen LogP) is 0.736. The number of rotatable bonds is 5. The molecule has 0 radical (unpaired) electrons. The van der Waals surface area contributed by atoms with Crippen LogP contribution in [0.3, 0.4) is 0 Å². The van der Waals surface area contributed by atoms with Crippen molar-refractivity contribution >= 4 is 34.5 Å². The molecule has 4 nitrogen and oxygen atoms in total. The molecule has 0 unspecified atom stereocenters. The third kappa shape index (κ3) is 4.61. The molecule has 0 saturated carbocycles. The Kier molecular flexibility index (Phi) is 6.12. The number of hydrogen-bond acceptors (Lipinski definition) is 2. The minimum atomic E-state index is -0.0112. The number of carbonyl (C=O) groups is 1. The van der Waals surface area contributed by atoms with E-state index in [2.05, 4.69) is 13.0 Å². The number of carbonyl (C=O) groups excluding carboxylic acids is 1. The van der Waals surface area contributed by atoms with Crippen molar-refractivity contribution in [2.24, 2.45) is 0 Å². The van der Waals surface area contributed by atoms with E-state index >= 15 is 0 Å². The number of nitrogens with one attached hydrogen (secondary N) is 2. The summed E-state index contributed by atoms with van der Waals surface area (Å²) in [4.78, 5) is 18.9. The summed E-state index contributed by atoms with van der Waals surface area (Å²) in [7, 11) is 1.87. The molecule has 1 atom stereocenters. The Bertz CT molecular complexity index is 698. The van der Waals surface area contributed by atoms with E-state index in [4.69, 9.17) is 11.6 Å². The first-order valence-corrected chi connectivity index (χ1v) is 9.99. The lowest BCUT2D eigenvalue weighted by atomic mass is 10.2. The fraction of sp³-hybridized carbons (Fsp3) is 0.421. The third-order valence-electron chi connectivity index (χ3n) is 5.11. The number of piperazine rings is 1. The second-order valence-corrected chi connectivity index (χ2v) is 8.54. The van der Waals surface area contributed by atoms with E-state index in [0.717, 1.165) is 42.7 Å². The second kappa shape index (κ2) is 8.32. The van der Waals surface area contributed by atoms with Gasteiger partial charge in [-0.3, -0.25) is 4.79 Å². The minimum absolute atomic E-state index is 0.0112. The van der Waals surface area contributed by atoms with Gasteiger partial charge in [-0.1, -0.05) is 29.8 Å². The molecule has 1 aromatic heterocycles. The molecule has 0 aliphatic carbocycles. The molecule has 3 rings (SSSR count). The van der Waals surface area contributed by atoms with E-state index in [9.17, 15) is 4.79 Å². The maximum Gasteiger partial charge on any atom is 0.284 e. The minimum Gasteiger partial charge on any atom is -0.321 e. The van der Waals surface area contributed by atoms with Crippen LogP contribution >= 0.6 is 22.9 Å². The van der Waals surface area contributed by atoms with Crippen LogP contribution in [-0.2, 0) is 11.3 Å². The standard InChI is InChI=1S/C19H24ClN3OS/c1-15(19(24)21(2)16-6-4-3-5-7-16)23-12-10-22(11-13-23)14-17-8-9-18(20)25-17/h3-9,15H,10-14H2,1-2H3/p+2/t15-/m1/s1. The molecule has 1 fully saturated rings. The van der Waals surface area contributed by atoms with Gasteiger partial charge in [-0.2, -0.15) is 0 Å². The summed E-state index contributed by atoms with van der Waals surface area (Å²) in [5, 5.41) is 0. The highest BCUT2D eigenvalue weighted by atomic mass is 35.5. The smallest absolute Gasteiger partial charge is 0.284 e. The van der Waals surface area contributed by atoms with Gasteiger partial charge in [0.15, 0.2) is 6.04 Å². The summed E-state index contributed by atoms with van der Waals surface area (Å²) in [6.07, 6.45) is 0. The monoisotopic (exact) mass is 379 g/mol. The molecular weight excluding hydrogens is 354 g/mol. The SMILES string of the molecule is C[C@H](C(=O)N(C)c1ccccc1)[NH+]1CC[NH+](Cc2ccc(Cl)s2)CC1. The van der Waals surface area contributed by atoms with Crippen molar-refractivity contribution in [3.8, 4) is 0 Å². The Labute approximate surface area is 158 Å².